The SMILES string of the molecule is CCn1ncnc1CC(NN)C1(OC)CCCCC1. The summed E-state index contributed by atoms with van der Waals surface area (Å²) in [6.45, 7) is 2.89. The van der Waals surface area contributed by atoms with Crippen LogP contribution in [-0.4, -0.2) is 33.5 Å². The Morgan fingerprint density at radius 2 is 2.21 bits per heavy atom. The Balaban J connectivity index is 2.14. The minimum Gasteiger partial charge on any atom is -0.377 e. The molecular formula is C13H25N5O. The fourth-order valence-electron chi connectivity index (χ4n) is 3.13. The summed E-state index contributed by atoms with van der Waals surface area (Å²) in [6, 6.07) is 0.0762. The second-order valence-electron chi connectivity index (χ2n) is 5.24. The van der Waals surface area contributed by atoms with Gasteiger partial charge in [-0.2, -0.15) is 5.10 Å². The summed E-state index contributed by atoms with van der Waals surface area (Å²) >= 11 is 0. The quantitative estimate of drug-likeness (QED) is 0.594. The number of hydrogen-bond donors (Lipinski definition) is 2. The van der Waals surface area contributed by atoms with Crippen LogP contribution in [0.5, 0.6) is 0 Å². The van der Waals surface area contributed by atoms with Crippen molar-refractivity contribution in [2.75, 3.05) is 7.11 Å². The molecule has 108 valence electrons. The van der Waals surface area contributed by atoms with Crippen LogP contribution >= 0.6 is 0 Å². The molecule has 0 bridgehead atoms. The first kappa shape index (κ1) is 14.4. The molecule has 1 saturated carbocycles. The van der Waals surface area contributed by atoms with Crippen molar-refractivity contribution in [1.29, 1.82) is 0 Å². The van der Waals surface area contributed by atoms with E-state index in [2.05, 4.69) is 22.4 Å². The average Bonchev–Trinajstić information content (AvgIpc) is 2.92. The molecule has 19 heavy (non-hydrogen) atoms. The lowest BCUT2D eigenvalue weighted by atomic mass is 9.78. The first-order valence-electron chi connectivity index (χ1n) is 7.13. The molecule has 2 rings (SSSR count). The molecule has 0 aromatic carbocycles. The number of nitrogens with zero attached hydrogens (tertiary/aromatic N) is 3. The molecule has 0 radical (unpaired) electrons. The van der Waals surface area contributed by atoms with E-state index in [1.54, 1.807) is 13.4 Å². The lowest BCUT2D eigenvalue weighted by Gasteiger charge is -2.42. The first-order valence-corrected chi connectivity index (χ1v) is 7.13. The Bertz CT molecular complexity index is 386. The predicted octanol–water partition coefficient (Wildman–Crippen LogP) is 1.02. The molecule has 1 aliphatic carbocycles. The summed E-state index contributed by atoms with van der Waals surface area (Å²) in [7, 11) is 1.79. The lowest BCUT2D eigenvalue weighted by molar-refractivity contribution is -0.0679. The monoisotopic (exact) mass is 267 g/mol. The third kappa shape index (κ3) is 2.96. The van der Waals surface area contributed by atoms with E-state index >= 15 is 0 Å². The second-order valence-corrected chi connectivity index (χ2v) is 5.24. The highest BCUT2D eigenvalue weighted by Crippen LogP contribution is 2.34. The largest absolute Gasteiger partial charge is 0.377 e. The van der Waals surface area contributed by atoms with Gasteiger partial charge < -0.3 is 4.74 Å². The molecule has 1 aromatic rings. The molecule has 1 unspecified atom stereocenters. The standard InChI is InChI=1S/C13H25N5O/c1-3-18-12(15-10-16-18)9-11(17-14)13(19-2)7-5-4-6-8-13/h10-11,17H,3-9,14H2,1-2H3. The summed E-state index contributed by atoms with van der Waals surface area (Å²) in [5.74, 6) is 6.75. The maximum absolute atomic E-state index is 5.85. The van der Waals surface area contributed by atoms with Gasteiger partial charge in [0.2, 0.25) is 0 Å². The Kier molecular flexibility index (Phi) is 4.90. The van der Waals surface area contributed by atoms with E-state index in [-0.39, 0.29) is 11.6 Å². The predicted molar refractivity (Wildman–Crippen MR) is 73.3 cm³/mol. The Morgan fingerprint density at radius 3 is 2.79 bits per heavy atom. The van der Waals surface area contributed by atoms with Crippen molar-refractivity contribution < 1.29 is 4.74 Å². The molecule has 3 N–H and O–H groups in total. The smallest absolute Gasteiger partial charge is 0.138 e. The van der Waals surface area contributed by atoms with Crippen LogP contribution in [-0.2, 0) is 17.7 Å². The van der Waals surface area contributed by atoms with E-state index in [9.17, 15) is 0 Å². The molecule has 0 spiro atoms. The van der Waals surface area contributed by atoms with Gasteiger partial charge >= 0.3 is 0 Å². The molecule has 1 fully saturated rings. The van der Waals surface area contributed by atoms with E-state index in [0.29, 0.717) is 0 Å². The number of hydrazine groups is 1. The van der Waals surface area contributed by atoms with Crippen LogP contribution in [0.4, 0.5) is 0 Å². The Hall–Kier alpha value is -0.980. The first-order chi connectivity index (χ1) is 9.25. The van der Waals surface area contributed by atoms with Gasteiger partial charge in [0.25, 0.3) is 0 Å². The fraction of sp³-hybridized carbons (Fsp3) is 0.846. The van der Waals surface area contributed by atoms with Gasteiger partial charge in [-0.15, -0.1) is 0 Å². The Morgan fingerprint density at radius 1 is 1.47 bits per heavy atom. The number of nitrogens with one attached hydrogen (secondary N) is 1. The zero-order valence-corrected chi connectivity index (χ0v) is 11.9. The van der Waals surface area contributed by atoms with E-state index in [1.807, 2.05) is 4.68 Å². The van der Waals surface area contributed by atoms with E-state index in [0.717, 1.165) is 31.6 Å². The van der Waals surface area contributed by atoms with E-state index in [4.69, 9.17) is 10.6 Å². The fourth-order valence-corrected chi connectivity index (χ4v) is 3.13. The van der Waals surface area contributed by atoms with Gasteiger partial charge in [-0.3, -0.25) is 16.0 Å². The van der Waals surface area contributed by atoms with Gasteiger partial charge in [-0.25, -0.2) is 4.98 Å². The van der Waals surface area contributed by atoms with Crippen molar-refractivity contribution in [3.05, 3.63) is 12.2 Å². The average molecular weight is 267 g/mol. The summed E-state index contributed by atoms with van der Waals surface area (Å²) in [5.41, 5.74) is 2.78. The van der Waals surface area contributed by atoms with Crippen molar-refractivity contribution in [2.45, 2.75) is 63.6 Å². The van der Waals surface area contributed by atoms with Crippen molar-refractivity contribution in [1.82, 2.24) is 20.2 Å². The van der Waals surface area contributed by atoms with Crippen LogP contribution in [0.15, 0.2) is 6.33 Å². The topological polar surface area (TPSA) is 78.0 Å². The number of ether oxygens (including phenoxy) is 1. The van der Waals surface area contributed by atoms with Crippen LogP contribution in [0.1, 0.15) is 44.9 Å². The summed E-state index contributed by atoms with van der Waals surface area (Å²) < 4.78 is 7.77. The molecule has 6 nitrogen and oxygen atoms in total. The van der Waals surface area contributed by atoms with Gasteiger partial charge in [-0.1, -0.05) is 19.3 Å². The molecule has 6 heteroatoms. The Labute approximate surface area is 114 Å². The molecule has 0 aliphatic heterocycles. The number of nitrogens with two attached hydrogens (primary N) is 1. The van der Waals surface area contributed by atoms with Crippen molar-refractivity contribution in [3.63, 3.8) is 0 Å². The summed E-state index contributed by atoms with van der Waals surface area (Å²) in [4.78, 5) is 4.34. The third-order valence-electron chi connectivity index (χ3n) is 4.32. The maximum Gasteiger partial charge on any atom is 0.138 e. The molecule has 1 aliphatic rings. The van der Waals surface area contributed by atoms with Crippen LogP contribution in [0.2, 0.25) is 0 Å². The maximum atomic E-state index is 5.85. The van der Waals surface area contributed by atoms with E-state index in [1.165, 1.54) is 19.3 Å². The van der Waals surface area contributed by atoms with E-state index < -0.39 is 0 Å². The third-order valence-corrected chi connectivity index (χ3v) is 4.32. The van der Waals surface area contributed by atoms with Crippen LogP contribution in [0, 0.1) is 0 Å². The summed E-state index contributed by atoms with van der Waals surface area (Å²) in [5, 5.41) is 4.21. The molecule has 1 aromatic heterocycles. The molecular weight excluding hydrogens is 242 g/mol. The van der Waals surface area contributed by atoms with Crippen LogP contribution in [0.25, 0.3) is 0 Å². The van der Waals surface area contributed by atoms with Gasteiger partial charge in [-0.05, 0) is 19.8 Å². The van der Waals surface area contributed by atoms with Crippen LogP contribution < -0.4 is 11.3 Å². The highest BCUT2D eigenvalue weighted by Gasteiger charge is 2.40. The molecule has 0 amide bonds. The minimum atomic E-state index is -0.169. The minimum absolute atomic E-state index is 0.0762. The van der Waals surface area contributed by atoms with Gasteiger partial charge in [0, 0.05) is 20.1 Å². The van der Waals surface area contributed by atoms with Gasteiger partial charge in [0.15, 0.2) is 0 Å². The normalized spacial score (nSPS) is 20.4. The van der Waals surface area contributed by atoms with Crippen molar-refractivity contribution in [2.24, 2.45) is 5.84 Å². The van der Waals surface area contributed by atoms with Crippen molar-refractivity contribution in [3.8, 4) is 0 Å². The number of rotatable bonds is 6. The number of hydrogen-bond acceptors (Lipinski definition) is 5. The van der Waals surface area contributed by atoms with Crippen LogP contribution in [0.3, 0.4) is 0 Å². The molecule has 0 saturated heterocycles. The number of methoxy groups -OCH3 is 1. The highest BCUT2D eigenvalue weighted by molar-refractivity contribution is 5.00. The zero-order chi connectivity index (χ0) is 13.7. The van der Waals surface area contributed by atoms with Crippen molar-refractivity contribution >= 4 is 0 Å². The second kappa shape index (κ2) is 6.45. The van der Waals surface area contributed by atoms with Gasteiger partial charge in [0.05, 0.1) is 11.6 Å². The molecule has 1 atom stereocenters. The number of aryl methyl sites for hydroxylation is 1. The summed E-state index contributed by atoms with van der Waals surface area (Å²) in [6.07, 6.45) is 8.15. The lowest BCUT2D eigenvalue weighted by Crippen LogP contribution is -2.56. The number of aromatic nitrogens is 3. The molecule has 1 heterocycles. The zero-order valence-electron chi connectivity index (χ0n) is 11.9. The highest BCUT2D eigenvalue weighted by atomic mass is 16.5. The van der Waals surface area contributed by atoms with Gasteiger partial charge in [0.1, 0.15) is 12.2 Å².